The van der Waals surface area contributed by atoms with E-state index in [-0.39, 0.29) is 0 Å². The molecule has 0 rings (SSSR count). The van der Waals surface area contributed by atoms with E-state index >= 15 is 0 Å². The van der Waals surface area contributed by atoms with Crippen LogP contribution in [0.5, 0.6) is 0 Å². The summed E-state index contributed by atoms with van der Waals surface area (Å²) in [6, 6.07) is 0. The highest BCUT2D eigenvalue weighted by atomic mass is 16.5. The zero-order valence-corrected chi connectivity index (χ0v) is 7.85. The summed E-state index contributed by atoms with van der Waals surface area (Å²) in [5.74, 6) is 1.28. The van der Waals surface area contributed by atoms with Crippen molar-refractivity contribution in [2.45, 2.75) is 40.7 Å². The topological polar surface area (TPSA) is 9.23 Å². The Morgan fingerprint density at radius 1 is 1.00 bits per heavy atom. The molecule has 0 radical (unpaired) electrons. The first-order chi connectivity index (χ1) is 4.59. The molecular weight excluding hydrogens is 124 g/mol. The van der Waals surface area contributed by atoms with Crippen molar-refractivity contribution in [2.75, 3.05) is 6.61 Å². The van der Waals surface area contributed by atoms with Gasteiger partial charge in [0, 0.05) is 6.61 Å². The highest BCUT2D eigenvalue weighted by Crippen LogP contribution is 2.15. The van der Waals surface area contributed by atoms with Gasteiger partial charge >= 0.3 is 0 Å². The van der Waals surface area contributed by atoms with Gasteiger partial charge in [-0.15, -0.1) is 0 Å². The molecule has 0 spiro atoms. The minimum atomic E-state index is 0.435. The van der Waals surface area contributed by atoms with Crippen LogP contribution in [-0.2, 0) is 4.74 Å². The van der Waals surface area contributed by atoms with Gasteiger partial charge in [-0.25, -0.2) is 0 Å². The molecule has 10 heavy (non-hydrogen) atoms. The van der Waals surface area contributed by atoms with Crippen molar-refractivity contribution in [3.8, 4) is 0 Å². The van der Waals surface area contributed by atoms with Gasteiger partial charge in [0.1, 0.15) is 0 Å². The first-order valence-electron chi connectivity index (χ1n) is 4.21. The molecule has 0 fully saturated rings. The van der Waals surface area contributed by atoms with Crippen LogP contribution < -0.4 is 0 Å². The van der Waals surface area contributed by atoms with Gasteiger partial charge in [0.2, 0.25) is 0 Å². The molecule has 0 amide bonds. The van der Waals surface area contributed by atoms with Crippen LogP contribution in [0.4, 0.5) is 0 Å². The minimum Gasteiger partial charge on any atom is -0.378 e. The summed E-state index contributed by atoms with van der Waals surface area (Å²) in [4.78, 5) is 0. The molecule has 0 atom stereocenters. The summed E-state index contributed by atoms with van der Waals surface area (Å²) in [5, 5.41) is 0. The molecule has 1 heteroatoms. The van der Waals surface area contributed by atoms with Crippen LogP contribution in [-0.4, -0.2) is 12.7 Å². The third-order valence-corrected chi connectivity index (χ3v) is 1.67. The van der Waals surface area contributed by atoms with Crippen molar-refractivity contribution in [1.29, 1.82) is 0 Å². The van der Waals surface area contributed by atoms with Crippen LogP contribution in [0.25, 0.3) is 0 Å². The minimum absolute atomic E-state index is 0.435. The number of rotatable bonds is 4. The van der Waals surface area contributed by atoms with E-state index in [0.717, 1.165) is 6.61 Å². The Morgan fingerprint density at radius 2 is 1.40 bits per heavy atom. The number of hydrogen-bond acceptors (Lipinski definition) is 1. The Morgan fingerprint density at radius 3 is 1.50 bits per heavy atom. The fraction of sp³-hybridized carbons (Fsp3) is 1.00. The zero-order valence-electron chi connectivity index (χ0n) is 7.85. The molecule has 62 valence electrons. The number of hydrogen-bond donors (Lipinski definition) is 0. The van der Waals surface area contributed by atoms with Crippen molar-refractivity contribution in [3.05, 3.63) is 0 Å². The van der Waals surface area contributed by atoms with Crippen LogP contribution in [0, 0.1) is 11.8 Å². The second-order valence-corrected chi connectivity index (χ2v) is 3.41. The molecule has 0 bridgehead atoms. The van der Waals surface area contributed by atoms with Gasteiger partial charge in [-0.1, -0.05) is 27.7 Å². The highest BCUT2D eigenvalue weighted by Gasteiger charge is 2.16. The smallest absolute Gasteiger partial charge is 0.0620 e. The zero-order chi connectivity index (χ0) is 8.15. The van der Waals surface area contributed by atoms with Crippen molar-refractivity contribution >= 4 is 0 Å². The third kappa shape index (κ3) is 3.21. The average molecular weight is 144 g/mol. The standard InChI is InChI=1S/C9H20O/c1-6-10-9(7(2)3)8(4)5/h7-9H,6H2,1-5H3. The second kappa shape index (κ2) is 4.73. The van der Waals surface area contributed by atoms with E-state index in [1.165, 1.54) is 0 Å². The van der Waals surface area contributed by atoms with Gasteiger partial charge in [0.15, 0.2) is 0 Å². The normalized spacial score (nSPS) is 12.0. The van der Waals surface area contributed by atoms with Crippen molar-refractivity contribution in [2.24, 2.45) is 11.8 Å². The Hall–Kier alpha value is -0.0400. The maximum absolute atomic E-state index is 5.56. The maximum atomic E-state index is 5.56. The van der Waals surface area contributed by atoms with Crippen molar-refractivity contribution < 1.29 is 4.74 Å². The van der Waals surface area contributed by atoms with Crippen LogP contribution in [0.2, 0.25) is 0 Å². The van der Waals surface area contributed by atoms with Gasteiger partial charge in [0.05, 0.1) is 6.10 Å². The largest absolute Gasteiger partial charge is 0.378 e. The number of ether oxygens (including phenoxy) is 1. The second-order valence-electron chi connectivity index (χ2n) is 3.41. The molecule has 1 nitrogen and oxygen atoms in total. The van der Waals surface area contributed by atoms with E-state index in [1.807, 2.05) is 0 Å². The van der Waals surface area contributed by atoms with Gasteiger partial charge in [-0.05, 0) is 18.8 Å². The summed E-state index contributed by atoms with van der Waals surface area (Å²) in [6.07, 6.45) is 0.435. The predicted octanol–water partition coefficient (Wildman–Crippen LogP) is 2.70. The molecule has 0 aromatic carbocycles. The Bertz CT molecular complexity index is 68.8. The molecule has 0 aromatic rings. The molecule has 0 heterocycles. The molecule has 0 saturated carbocycles. The lowest BCUT2D eigenvalue weighted by atomic mass is 9.96. The predicted molar refractivity (Wildman–Crippen MR) is 45.1 cm³/mol. The van der Waals surface area contributed by atoms with Crippen LogP contribution in [0.1, 0.15) is 34.6 Å². The first kappa shape index (κ1) is 9.96. The van der Waals surface area contributed by atoms with Crippen molar-refractivity contribution in [3.63, 3.8) is 0 Å². The molecule has 0 aliphatic carbocycles. The lowest BCUT2D eigenvalue weighted by Crippen LogP contribution is -2.25. The SMILES string of the molecule is CCOC(C(C)C)C(C)C. The lowest BCUT2D eigenvalue weighted by molar-refractivity contribution is -0.000762. The van der Waals surface area contributed by atoms with Crippen LogP contribution >= 0.6 is 0 Å². The summed E-state index contributed by atoms with van der Waals surface area (Å²) < 4.78 is 5.56. The highest BCUT2D eigenvalue weighted by molar-refractivity contribution is 4.65. The summed E-state index contributed by atoms with van der Waals surface area (Å²) >= 11 is 0. The van der Waals surface area contributed by atoms with Gasteiger partial charge < -0.3 is 4.74 Å². The monoisotopic (exact) mass is 144 g/mol. The van der Waals surface area contributed by atoms with E-state index in [0.29, 0.717) is 17.9 Å². The Balaban J connectivity index is 3.73. The molecule has 0 aromatic heterocycles. The molecule has 0 saturated heterocycles. The van der Waals surface area contributed by atoms with Gasteiger partial charge in [-0.2, -0.15) is 0 Å². The van der Waals surface area contributed by atoms with Crippen LogP contribution in [0.3, 0.4) is 0 Å². The van der Waals surface area contributed by atoms with Crippen molar-refractivity contribution in [1.82, 2.24) is 0 Å². The van der Waals surface area contributed by atoms with E-state index in [2.05, 4.69) is 34.6 Å². The fourth-order valence-electron chi connectivity index (χ4n) is 1.35. The molecule has 0 N–H and O–H groups in total. The fourth-order valence-corrected chi connectivity index (χ4v) is 1.35. The quantitative estimate of drug-likeness (QED) is 0.589. The first-order valence-corrected chi connectivity index (χ1v) is 4.21. The van der Waals surface area contributed by atoms with E-state index < -0.39 is 0 Å². The third-order valence-electron chi connectivity index (χ3n) is 1.67. The maximum Gasteiger partial charge on any atom is 0.0620 e. The Kier molecular flexibility index (Phi) is 4.71. The molecule has 0 aliphatic heterocycles. The summed E-state index contributed by atoms with van der Waals surface area (Å²) in [6.45, 7) is 11.7. The van der Waals surface area contributed by atoms with Crippen LogP contribution in [0.15, 0.2) is 0 Å². The molecule has 0 unspecified atom stereocenters. The summed E-state index contributed by atoms with van der Waals surface area (Å²) in [5.41, 5.74) is 0. The van der Waals surface area contributed by atoms with Gasteiger partial charge in [0.25, 0.3) is 0 Å². The molecule has 0 aliphatic rings. The lowest BCUT2D eigenvalue weighted by Gasteiger charge is -2.24. The summed E-state index contributed by atoms with van der Waals surface area (Å²) in [7, 11) is 0. The average Bonchev–Trinajstić information content (AvgIpc) is 1.81. The van der Waals surface area contributed by atoms with E-state index in [9.17, 15) is 0 Å². The Labute approximate surface area is 64.8 Å². The van der Waals surface area contributed by atoms with E-state index in [4.69, 9.17) is 4.74 Å². The molecular formula is C9H20O. The van der Waals surface area contributed by atoms with E-state index in [1.54, 1.807) is 0 Å². The van der Waals surface area contributed by atoms with Gasteiger partial charge in [-0.3, -0.25) is 0 Å².